The number of halogens is 1. The number of hydrogen-bond donors (Lipinski definition) is 1. The molecule has 3 heteroatoms. The van der Waals surface area contributed by atoms with Crippen LogP contribution in [0.5, 0.6) is 0 Å². The van der Waals surface area contributed by atoms with Gasteiger partial charge in [0.05, 0.1) is 11.3 Å². The lowest BCUT2D eigenvalue weighted by atomic mass is 9.71. The molecule has 2 fully saturated rings. The molecule has 0 saturated heterocycles. The van der Waals surface area contributed by atoms with Crippen LogP contribution in [-0.4, -0.2) is 6.04 Å². The van der Waals surface area contributed by atoms with Crippen LogP contribution in [0.4, 0.5) is 5.69 Å². The van der Waals surface area contributed by atoms with E-state index in [1.54, 1.807) is 0 Å². The maximum Gasteiger partial charge on any atom is 0.101 e. The lowest BCUT2D eigenvalue weighted by Gasteiger charge is -2.38. The van der Waals surface area contributed by atoms with Crippen molar-refractivity contribution in [3.63, 3.8) is 0 Å². The lowest BCUT2D eigenvalue weighted by molar-refractivity contribution is 0.188. The molecular formula is C17H21BrN2. The predicted octanol–water partition coefficient (Wildman–Crippen LogP) is 5.24. The van der Waals surface area contributed by atoms with Crippen molar-refractivity contribution in [1.29, 1.82) is 5.26 Å². The van der Waals surface area contributed by atoms with Gasteiger partial charge in [-0.05, 0) is 62.1 Å². The molecule has 3 rings (SSSR count). The average Bonchev–Trinajstić information content (AvgIpc) is 2.92. The summed E-state index contributed by atoms with van der Waals surface area (Å²) in [5.74, 6) is 0. The van der Waals surface area contributed by atoms with Gasteiger partial charge in [-0.3, -0.25) is 0 Å². The van der Waals surface area contributed by atoms with Gasteiger partial charge >= 0.3 is 0 Å². The summed E-state index contributed by atoms with van der Waals surface area (Å²) >= 11 is 3.42. The van der Waals surface area contributed by atoms with E-state index in [1.807, 2.05) is 18.2 Å². The molecule has 106 valence electrons. The van der Waals surface area contributed by atoms with E-state index in [1.165, 1.54) is 51.4 Å². The number of nitrogens with one attached hydrogen (secondary N) is 1. The Morgan fingerprint density at radius 2 is 1.85 bits per heavy atom. The molecule has 2 saturated carbocycles. The Bertz CT molecular complexity index is 516. The fraction of sp³-hybridized carbons (Fsp3) is 0.588. The molecular weight excluding hydrogens is 312 g/mol. The zero-order valence-electron chi connectivity index (χ0n) is 11.8. The highest BCUT2D eigenvalue weighted by Gasteiger charge is 2.37. The third-order valence-electron chi connectivity index (χ3n) is 5.17. The summed E-state index contributed by atoms with van der Waals surface area (Å²) < 4.78 is 0.966. The maximum atomic E-state index is 9.23. The summed E-state index contributed by atoms with van der Waals surface area (Å²) in [7, 11) is 0. The maximum absolute atomic E-state index is 9.23. The van der Waals surface area contributed by atoms with Crippen LogP contribution in [0.1, 0.15) is 56.9 Å². The summed E-state index contributed by atoms with van der Waals surface area (Å²) in [5, 5.41) is 12.8. The standard InChI is InChI=1S/C17H21BrN2/c18-14-3-4-16(13(11-14)12-19)20-15-5-9-17(10-6-15)7-1-2-8-17/h3-4,11,15,20H,1-2,5-10H2. The van der Waals surface area contributed by atoms with Crippen molar-refractivity contribution in [1.82, 2.24) is 0 Å². The largest absolute Gasteiger partial charge is 0.381 e. The molecule has 0 amide bonds. The van der Waals surface area contributed by atoms with E-state index in [0.29, 0.717) is 11.5 Å². The van der Waals surface area contributed by atoms with Crippen molar-refractivity contribution in [2.45, 2.75) is 57.4 Å². The average molecular weight is 333 g/mol. The molecule has 0 unspecified atom stereocenters. The number of nitriles is 1. The lowest BCUT2D eigenvalue weighted by Crippen LogP contribution is -2.31. The summed E-state index contributed by atoms with van der Waals surface area (Å²) in [4.78, 5) is 0. The fourth-order valence-electron chi connectivity index (χ4n) is 3.95. The highest BCUT2D eigenvalue weighted by Crippen LogP contribution is 2.49. The minimum absolute atomic E-state index is 0.537. The number of rotatable bonds is 2. The van der Waals surface area contributed by atoms with Crippen LogP contribution in [-0.2, 0) is 0 Å². The Labute approximate surface area is 129 Å². The van der Waals surface area contributed by atoms with Crippen molar-refractivity contribution in [2.75, 3.05) is 5.32 Å². The van der Waals surface area contributed by atoms with Crippen LogP contribution in [0.25, 0.3) is 0 Å². The van der Waals surface area contributed by atoms with Crippen LogP contribution in [0, 0.1) is 16.7 Å². The molecule has 0 radical (unpaired) electrons. The second kappa shape index (κ2) is 5.77. The third kappa shape index (κ3) is 2.86. The molecule has 2 aliphatic rings. The Morgan fingerprint density at radius 1 is 1.15 bits per heavy atom. The molecule has 2 aliphatic carbocycles. The zero-order valence-corrected chi connectivity index (χ0v) is 13.4. The molecule has 0 aliphatic heterocycles. The zero-order chi connectivity index (χ0) is 14.0. The van der Waals surface area contributed by atoms with Gasteiger partial charge in [0.25, 0.3) is 0 Å². The van der Waals surface area contributed by atoms with Gasteiger partial charge in [0.1, 0.15) is 6.07 Å². The van der Waals surface area contributed by atoms with Gasteiger partial charge in [0.15, 0.2) is 0 Å². The SMILES string of the molecule is N#Cc1cc(Br)ccc1NC1CCC2(CCCC2)CC1. The second-order valence-corrected chi connectivity index (χ2v) is 7.34. The van der Waals surface area contributed by atoms with Gasteiger partial charge in [-0.25, -0.2) is 0 Å². The quantitative estimate of drug-likeness (QED) is 0.804. The van der Waals surface area contributed by atoms with E-state index < -0.39 is 0 Å². The summed E-state index contributed by atoms with van der Waals surface area (Å²) in [6.45, 7) is 0. The number of anilines is 1. The normalized spacial score (nSPS) is 21.8. The smallest absolute Gasteiger partial charge is 0.101 e. The molecule has 1 N–H and O–H groups in total. The molecule has 2 nitrogen and oxygen atoms in total. The minimum atomic E-state index is 0.537. The molecule has 1 aromatic rings. The van der Waals surface area contributed by atoms with E-state index in [-0.39, 0.29) is 0 Å². The highest BCUT2D eigenvalue weighted by atomic mass is 79.9. The molecule has 0 atom stereocenters. The minimum Gasteiger partial charge on any atom is -0.381 e. The molecule has 1 spiro atoms. The second-order valence-electron chi connectivity index (χ2n) is 6.43. The molecule has 1 aromatic carbocycles. The number of hydrogen-bond acceptors (Lipinski definition) is 2. The Balaban J connectivity index is 1.64. The fourth-order valence-corrected chi connectivity index (χ4v) is 4.32. The summed E-state index contributed by atoms with van der Waals surface area (Å²) in [6.07, 6.45) is 11.0. The molecule has 0 aromatic heterocycles. The van der Waals surface area contributed by atoms with E-state index in [9.17, 15) is 5.26 Å². The topological polar surface area (TPSA) is 35.8 Å². The van der Waals surface area contributed by atoms with Crippen LogP contribution in [0.15, 0.2) is 22.7 Å². The van der Waals surface area contributed by atoms with Gasteiger partial charge in [0, 0.05) is 10.5 Å². The summed E-state index contributed by atoms with van der Waals surface area (Å²) in [5.41, 5.74) is 2.40. The first-order valence-electron chi connectivity index (χ1n) is 7.67. The van der Waals surface area contributed by atoms with Crippen LogP contribution >= 0.6 is 15.9 Å². The van der Waals surface area contributed by atoms with E-state index >= 15 is 0 Å². The Kier molecular flexibility index (Phi) is 4.03. The van der Waals surface area contributed by atoms with Gasteiger partial charge in [0.2, 0.25) is 0 Å². The molecule has 0 bridgehead atoms. The van der Waals surface area contributed by atoms with E-state index in [2.05, 4.69) is 27.3 Å². The van der Waals surface area contributed by atoms with Crippen molar-refractivity contribution in [3.05, 3.63) is 28.2 Å². The molecule has 0 heterocycles. The van der Waals surface area contributed by atoms with Crippen molar-refractivity contribution in [2.24, 2.45) is 5.41 Å². The Morgan fingerprint density at radius 3 is 2.50 bits per heavy atom. The van der Waals surface area contributed by atoms with Gasteiger partial charge < -0.3 is 5.32 Å². The van der Waals surface area contributed by atoms with Gasteiger partial charge in [-0.15, -0.1) is 0 Å². The van der Waals surface area contributed by atoms with Crippen molar-refractivity contribution >= 4 is 21.6 Å². The first kappa shape index (κ1) is 13.9. The first-order chi connectivity index (χ1) is 9.71. The van der Waals surface area contributed by atoms with Gasteiger partial charge in [-0.1, -0.05) is 28.8 Å². The van der Waals surface area contributed by atoms with Crippen LogP contribution in [0.3, 0.4) is 0 Å². The highest BCUT2D eigenvalue weighted by molar-refractivity contribution is 9.10. The van der Waals surface area contributed by atoms with E-state index in [0.717, 1.165) is 15.7 Å². The van der Waals surface area contributed by atoms with Crippen LogP contribution in [0.2, 0.25) is 0 Å². The van der Waals surface area contributed by atoms with Crippen LogP contribution < -0.4 is 5.32 Å². The van der Waals surface area contributed by atoms with E-state index in [4.69, 9.17) is 0 Å². The summed E-state index contributed by atoms with van der Waals surface area (Å²) in [6, 6.07) is 8.73. The number of nitrogens with zero attached hydrogens (tertiary/aromatic N) is 1. The monoisotopic (exact) mass is 332 g/mol. The molecule has 20 heavy (non-hydrogen) atoms. The van der Waals surface area contributed by atoms with Crippen molar-refractivity contribution < 1.29 is 0 Å². The Hall–Kier alpha value is -1.01. The van der Waals surface area contributed by atoms with Gasteiger partial charge in [-0.2, -0.15) is 5.26 Å². The third-order valence-corrected chi connectivity index (χ3v) is 5.67. The first-order valence-corrected chi connectivity index (χ1v) is 8.46. The predicted molar refractivity (Wildman–Crippen MR) is 85.6 cm³/mol. The number of benzene rings is 1. The van der Waals surface area contributed by atoms with Crippen molar-refractivity contribution in [3.8, 4) is 6.07 Å².